The topological polar surface area (TPSA) is 95.4 Å². The minimum absolute atomic E-state index is 0.0727. The quantitative estimate of drug-likeness (QED) is 0.492. The van der Waals surface area contributed by atoms with Crippen molar-refractivity contribution in [3.63, 3.8) is 0 Å². The summed E-state index contributed by atoms with van der Waals surface area (Å²) in [5.74, 6) is 1.18. The summed E-state index contributed by atoms with van der Waals surface area (Å²) in [7, 11) is 0. The molecule has 2 N–H and O–H groups in total. The van der Waals surface area contributed by atoms with Gasteiger partial charge in [0.05, 0.1) is 16.3 Å². The number of halogens is 1. The van der Waals surface area contributed by atoms with Crippen molar-refractivity contribution in [3.8, 4) is 5.69 Å². The lowest BCUT2D eigenvalue weighted by atomic mass is 10.2. The summed E-state index contributed by atoms with van der Waals surface area (Å²) >= 11 is 9.07. The summed E-state index contributed by atoms with van der Waals surface area (Å²) in [5.41, 5.74) is 8.18. The van der Waals surface area contributed by atoms with Crippen LogP contribution in [0.25, 0.3) is 15.9 Å². The van der Waals surface area contributed by atoms with Crippen LogP contribution < -0.4 is 5.73 Å². The average molecular weight is 418 g/mol. The van der Waals surface area contributed by atoms with Crippen LogP contribution >= 0.6 is 34.7 Å². The van der Waals surface area contributed by atoms with Crippen molar-refractivity contribution in [2.24, 2.45) is 0 Å². The van der Waals surface area contributed by atoms with Crippen molar-refractivity contribution >= 4 is 50.7 Å². The molecule has 0 spiro atoms. The molecular weight excluding hydrogens is 402 g/mol. The zero-order valence-corrected chi connectivity index (χ0v) is 17.2. The van der Waals surface area contributed by atoms with E-state index in [0.717, 1.165) is 21.5 Å². The Hall–Kier alpha value is -2.23. The molecule has 0 radical (unpaired) electrons. The predicted octanol–water partition coefficient (Wildman–Crippen LogP) is 4.37. The minimum atomic E-state index is -0.0727. The van der Waals surface area contributed by atoms with Gasteiger partial charge in [0, 0.05) is 9.90 Å². The molecule has 3 aromatic heterocycles. The van der Waals surface area contributed by atoms with Gasteiger partial charge in [-0.1, -0.05) is 23.4 Å². The minimum Gasteiger partial charge on any atom is -0.383 e. The number of aromatic nitrogens is 6. The lowest BCUT2D eigenvalue weighted by Gasteiger charge is -2.11. The molecule has 138 valence electrons. The van der Waals surface area contributed by atoms with Crippen LogP contribution in [0, 0.1) is 13.8 Å². The Labute approximate surface area is 169 Å². The van der Waals surface area contributed by atoms with Crippen molar-refractivity contribution in [3.05, 3.63) is 45.6 Å². The Balaban J connectivity index is 1.65. The van der Waals surface area contributed by atoms with Gasteiger partial charge in [-0.15, -0.1) is 16.4 Å². The number of nitrogens with zero attached hydrogens (tertiary/aromatic N) is 6. The molecule has 10 heteroatoms. The van der Waals surface area contributed by atoms with Gasteiger partial charge in [0.1, 0.15) is 16.5 Å². The number of fused-ring (bicyclic) bond motifs is 1. The van der Waals surface area contributed by atoms with Gasteiger partial charge in [-0.2, -0.15) is 4.68 Å². The van der Waals surface area contributed by atoms with Gasteiger partial charge in [-0.3, -0.25) is 0 Å². The lowest BCUT2D eigenvalue weighted by molar-refractivity contribution is 0.754. The number of aryl methyl sites for hydroxylation is 2. The monoisotopic (exact) mass is 417 g/mol. The van der Waals surface area contributed by atoms with Gasteiger partial charge in [0.2, 0.25) is 5.16 Å². The molecule has 1 atom stereocenters. The van der Waals surface area contributed by atoms with Crippen molar-refractivity contribution in [1.82, 2.24) is 30.2 Å². The fourth-order valence-electron chi connectivity index (χ4n) is 2.69. The van der Waals surface area contributed by atoms with Crippen LogP contribution in [0.2, 0.25) is 5.02 Å². The molecule has 3 heterocycles. The summed E-state index contributed by atoms with van der Waals surface area (Å²) in [5, 5.41) is 14.2. The van der Waals surface area contributed by atoms with Gasteiger partial charge < -0.3 is 5.73 Å². The first kappa shape index (κ1) is 18.1. The highest BCUT2D eigenvalue weighted by atomic mass is 35.5. The summed E-state index contributed by atoms with van der Waals surface area (Å²) < 4.78 is 1.67. The Morgan fingerprint density at radius 1 is 1.19 bits per heavy atom. The first-order valence-electron chi connectivity index (χ1n) is 8.18. The van der Waals surface area contributed by atoms with Crippen molar-refractivity contribution in [2.75, 3.05) is 5.73 Å². The molecule has 0 aliphatic carbocycles. The summed E-state index contributed by atoms with van der Waals surface area (Å²) in [6, 6.07) is 7.33. The van der Waals surface area contributed by atoms with Crippen molar-refractivity contribution < 1.29 is 0 Å². The van der Waals surface area contributed by atoms with Gasteiger partial charge in [0.25, 0.3) is 0 Å². The van der Waals surface area contributed by atoms with Crippen LogP contribution in [0.5, 0.6) is 0 Å². The third kappa shape index (κ3) is 3.38. The number of anilines is 1. The molecule has 0 saturated heterocycles. The van der Waals surface area contributed by atoms with E-state index in [2.05, 4.69) is 27.4 Å². The maximum Gasteiger partial charge on any atom is 0.214 e. The maximum atomic E-state index is 6.21. The Morgan fingerprint density at radius 2 is 1.93 bits per heavy atom. The second-order valence-electron chi connectivity index (χ2n) is 6.04. The number of tetrazole rings is 1. The van der Waals surface area contributed by atoms with Crippen molar-refractivity contribution in [1.29, 1.82) is 0 Å². The molecule has 0 amide bonds. The fourth-order valence-corrected chi connectivity index (χ4v) is 4.71. The van der Waals surface area contributed by atoms with E-state index in [9.17, 15) is 0 Å². The highest BCUT2D eigenvalue weighted by molar-refractivity contribution is 7.99. The van der Waals surface area contributed by atoms with E-state index in [1.54, 1.807) is 28.2 Å². The first-order chi connectivity index (χ1) is 12.9. The maximum absolute atomic E-state index is 6.21. The van der Waals surface area contributed by atoms with Crippen LogP contribution in [0.15, 0.2) is 29.4 Å². The second kappa shape index (κ2) is 7.06. The van der Waals surface area contributed by atoms with E-state index in [1.165, 1.54) is 16.6 Å². The molecule has 0 fully saturated rings. The van der Waals surface area contributed by atoms with E-state index in [1.807, 2.05) is 26.0 Å². The van der Waals surface area contributed by atoms with Gasteiger partial charge in [-0.25, -0.2) is 9.97 Å². The van der Waals surface area contributed by atoms with Gasteiger partial charge in [-0.05, 0) is 61.0 Å². The fraction of sp³-hybridized carbons (Fsp3) is 0.235. The number of thioether (sulfide) groups is 1. The molecule has 0 aliphatic heterocycles. The molecule has 7 nitrogen and oxygen atoms in total. The van der Waals surface area contributed by atoms with E-state index in [-0.39, 0.29) is 5.25 Å². The Kier molecular flexibility index (Phi) is 4.75. The predicted molar refractivity (Wildman–Crippen MR) is 110 cm³/mol. The standard InChI is InChI=1S/C17H16ClN7S2/c1-8-9(2)26-16-13(8)14(19)20-15(21-16)10(3)27-17-22-23-24-25(17)12-6-4-11(18)5-7-12/h4-7,10H,1-3H3,(H2,19,20,21). The number of hydrogen-bond donors (Lipinski definition) is 1. The molecular formula is C17H16ClN7S2. The third-order valence-electron chi connectivity index (χ3n) is 4.23. The number of nitrogens with two attached hydrogens (primary N) is 1. The van der Waals surface area contributed by atoms with Crippen molar-refractivity contribution in [2.45, 2.75) is 31.2 Å². The van der Waals surface area contributed by atoms with Crippen LogP contribution in [0.1, 0.15) is 28.4 Å². The van der Waals surface area contributed by atoms with E-state index in [4.69, 9.17) is 22.3 Å². The van der Waals surface area contributed by atoms with Crippen LogP contribution in [0.3, 0.4) is 0 Å². The van der Waals surface area contributed by atoms with Gasteiger partial charge in [0.15, 0.2) is 0 Å². The molecule has 0 aliphatic rings. The Morgan fingerprint density at radius 3 is 2.67 bits per heavy atom. The number of thiophene rings is 1. The van der Waals surface area contributed by atoms with Crippen LogP contribution in [-0.2, 0) is 0 Å². The molecule has 0 bridgehead atoms. The average Bonchev–Trinajstić information content (AvgIpc) is 3.20. The summed E-state index contributed by atoms with van der Waals surface area (Å²) in [6.45, 7) is 6.13. The number of rotatable bonds is 4. The third-order valence-corrected chi connectivity index (χ3v) is 6.61. The van der Waals surface area contributed by atoms with Crippen LogP contribution in [0.4, 0.5) is 5.82 Å². The molecule has 4 aromatic rings. The molecule has 1 unspecified atom stereocenters. The van der Waals surface area contributed by atoms with Crippen LogP contribution in [-0.4, -0.2) is 30.2 Å². The number of benzene rings is 1. The highest BCUT2D eigenvalue weighted by Gasteiger charge is 2.20. The van der Waals surface area contributed by atoms with E-state index >= 15 is 0 Å². The number of nitrogen functional groups attached to an aromatic ring is 1. The smallest absolute Gasteiger partial charge is 0.214 e. The molecule has 0 saturated carbocycles. The van der Waals surface area contributed by atoms with E-state index in [0.29, 0.717) is 21.8 Å². The highest BCUT2D eigenvalue weighted by Crippen LogP contribution is 2.37. The second-order valence-corrected chi connectivity index (χ2v) is 8.99. The normalized spacial score (nSPS) is 12.6. The van der Waals surface area contributed by atoms with Gasteiger partial charge >= 0.3 is 0 Å². The molecule has 4 rings (SSSR count). The number of hydrogen-bond acceptors (Lipinski definition) is 8. The zero-order valence-electron chi connectivity index (χ0n) is 14.8. The molecule has 1 aromatic carbocycles. The molecule has 27 heavy (non-hydrogen) atoms. The Bertz CT molecular complexity index is 1120. The lowest BCUT2D eigenvalue weighted by Crippen LogP contribution is -2.04. The zero-order chi connectivity index (χ0) is 19.1. The first-order valence-corrected chi connectivity index (χ1v) is 10.3. The summed E-state index contributed by atoms with van der Waals surface area (Å²) in [6.07, 6.45) is 0. The largest absolute Gasteiger partial charge is 0.383 e. The van der Waals surface area contributed by atoms with E-state index < -0.39 is 0 Å². The summed E-state index contributed by atoms with van der Waals surface area (Å²) in [4.78, 5) is 11.4. The SMILES string of the molecule is Cc1sc2nc(C(C)Sc3nnnn3-c3ccc(Cl)cc3)nc(N)c2c1C.